The molecule has 2 N–H and O–H groups in total. The molecule has 0 aliphatic rings. The molecule has 130 valence electrons. The van der Waals surface area contributed by atoms with Crippen molar-refractivity contribution in [3.8, 4) is 0 Å². The van der Waals surface area contributed by atoms with E-state index in [9.17, 15) is 4.79 Å². The first-order valence-corrected chi connectivity index (χ1v) is 8.24. The highest BCUT2D eigenvalue weighted by Gasteiger charge is 2.13. The van der Waals surface area contributed by atoms with Gasteiger partial charge in [0.1, 0.15) is 5.76 Å². The number of halogens is 2. The summed E-state index contributed by atoms with van der Waals surface area (Å²) in [6, 6.07) is 7.00. The number of rotatable bonds is 8. The second-order valence-electron chi connectivity index (χ2n) is 5.41. The van der Waals surface area contributed by atoms with Gasteiger partial charge in [0.2, 0.25) is 5.91 Å². The number of aliphatic hydroxyl groups is 1. The number of aliphatic hydroxyl groups excluding tert-OH is 1. The normalized spacial score (nSPS) is 11.0. The van der Waals surface area contributed by atoms with Crippen molar-refractivity contribution < 1.29 is 14.4 Å². The van der Waals surface area contributed by atoms with E-state index in [0.29, 0.717) is 41.1 Å². The summed E-state index contributed by atoms with van der Waals surface area (Å²) in [5, 5.41) is 16.4. The van der Waals surface area contributed by atoms with E-state index in [1.54, 1.807) is 25.1 Å². The average molecular weight is 372 g/mol. The highest BCUT2D eigenvalue weighted by Crippen LogP contribution is 2.23. The fourth-order valence-electron chi connectivity index (χ4n) is 2.22. The molecule has 1 aromatic heterocycles. The molecule has 0 bridgehead atoms. The largest absolute Gasteiger partial charge is 0.396 e. The molecule has 0 aliphatic heterocycles. The van der Waals surface area contributed by atoms with Crippen LogP contribution in [0.25, 0.3) is 0 Å². The van der Waals surface area contributed by atoms with Crippen LogP contribution in [0.5, 0.6) is 0 Å². The third-order valence-corrected chi connectivity index (χ3v) is 4.02. The van der Waals surface area contributed by atoms with Gasteiger partial charge in [0.05, 0.1) is 16.6 Å². The Hall–Kier alpha value is -1.60. The van der Waals surface area contributed by atoms with Gasteiger partial charge in [-0.1, -0.05) is 34.4 Å². The Morgan fingerprint density at radius 3 is 2.75 bits per heavy atom. The van der Waals surface area contributed by atoms with Crippen molar-refractivity contribution in [1.29, 1.82) is 0 Å². The molecule has 0 fully saturated rings. The summed E-state index contributed by atoms with van der Waals surface area (Å²) < 4.78 is 4.92. The minimum Gasteiger partial charge on any atom is -0.396 e. The Bertz CT molecular complexity index is 691. The van der Waals surface area contributed by atoms with E-state index >= 15 is 0 Å². The Kier molecular flexibility index (Phi) is 7.05. The topological polar surface area (TPSA) is 78.6 Å². The molecule has 0 unspecified atom stereocenters. The summed E-state index contributed by atoms with van der Waals surface area (Å²) in [4.78, 5) is 14.1. The maximum Gasteiger partial charge on any atom is 0.239 e. The molecule has 8 heteroatoms. The predicted molar refractivity (Wildman–Crippen MR) is 93.3 cm³/mol. The molecule has 24 heavy (non-hydrogen) atoms. The molecule has 0 saturated carbocycles. The maximum atomic E-state index is 12.2. The SMILES string of the molecule is Cc1cc(NC(=O)CN(CCCO)Cc2ccc(Cl)c(Cl)c2)no1. The molecule has 0 radical (unpaired) electrons. The standard InChI is InChI=1S/C16H19Cl2N3O3/c1-11-7-15(20-24-11)19-16(23)10-21(5-2-6-22)9-12-3-4-13(17)14(18)8-12/h3-4,7-8,22H,2,5-6,9-10H2,1H3,(H,19,20,23). The van der Waals surface area contributed by atoms with Crippen LogP contribution in [-0.2, 0) is 11.3 Å². The number of carbonyl (C=O) groups is 1. The first-order valence-electron chi connectivity index (χ1n) is 7.48. The van der Waals surface area contributed by atoms with Gasteiger partial charge in [-0.05, 0) is 31.0 Å². The van der Waals surface area contributed by atoms with E-state index in [0.717, 1.165) is 5.56 Å². The van der Waals surface area contributed by atoms with Gasteiger partial charge in [-0.2, -0.15) is 0 Å². The number of hydrogen-bond donors (Lipinski definition) is 2. The highest BCUT2D eigenvalue weighted by atomic mass is 35.5. The summed E-state index contributed by atoms with van der Waals surface area (Å²) in [6.07, 6.45) is 0.567. The van der Waals surface area contributed by atoms with Crippen LogP contribution in [0.15, 0.2) is 28.8 Å². The van der Waals surface area contributed by atoms with E-state index < -0.39 is 0 Å². The van der Waals surface area contributed by atoms with Crippen molar-refractivity contribution in [3.05, 3.63) is 45.6 Å². The molecular weight excluding hydrogens is 353 g/mol. The van der Waals surface area contributed by atoms with E-state index in [1.807, 2.05) is 11.0 Å². The van der Waals surface area contributed by atoms with E-state index in [4.69, 9.17) is 32.8 Å². The first-order chi connectivity index (χ1) is 11.5. The Balaban J connectivity index is 1.98. The van der Waals surface area contributed by atoms with Crippen LogP contribution in [0.2, 0.25) is 10.0 Å². The quantitative estimate of drug-likeness (QED) is 0.745. The van der Waals surface area contributed by atoms with Crippen molar-refractivity contribution >= 4 is 34.9 Å². The van der Waals surface area contributed by atoms with Crippen molar-refractivity contribution in [2.45, 2.75) is 19.9 Å². The van der Waals surface area contributed by atoms with Crippen LogP contribution in [-0.4, -0.2) is 40.8 Å². The van der Waals surface area contributed by atoms with Crippen molar-refractivity contribution in [2.24, 2.45) is 0 Å². The molecule has 2 rings (SSSR count). The zero-order chi connectivity index (χ0) is 17.5. The van der Waals surface area contributed by atoms with Gasteiger partial charge in [0.15, 0.2) is 5.82 Å². The molecule has 0 spiro atoms. The van der Waals surface area contributed by atoms with Crippen molar-refractivity contribution in [2.75, 3.05) is 25.0 Å². The van der Waals surface area contributed by atoms with Gasteiger partial charge < -0.3 is 14.9 Å². The Morgan fingerprint density at radius 1 is 1.33 bits per heavy atom. The van der Waals surface area contributed by atoms with Gasteiger partial charge in [-0.15, -0.1) is 0 Å². The Morgan fingerprint density at radius 2 is 2.12 bits per heavy atom. The lowest BCUT2D eigenvalue weighted by molar-refractivity contribution is -0.117. The number of aromatic nitrogens is 1. The van der Waals surface area contributed by atoms with Gasteiger partial charge in [0.25, 0.3) is 0 Å². The van der Waals surface area contributed by atoms with Gasteiger partial charge in [-0.3, -0.25) is 9.69 Å². The van der Waals surface area contributed by atoms with Crippen LogP contribution in [0.3, 0.4) is 0 Å². The summed E-state index contributed by atoms with van der Waals surface area (Å²) in [6.45, 7) is 3.05. The van der Waals surface area contributed by atoms with Gasteiger partial charge >= 0.3 is 0 Å². The lowest BCUT2D eigenvalue weighted by Crippen LogP contribution is -2.34. The third-order valence-electron chi connectivity index (χ3n) is 3.29. The summed E-state index contributed by atoms with van der Waals surface area (Å²) >= 11 is 11.9. The number of anilines is 1. The average Bonchev–Trinajstić information content (AvgIpc) is 2.93. The minimum atomic E-state index is -0.207. The van der Waals surface area contributed by atoms with E-state index in [-0.39, 0.29) is 19.1 Å². The van der Waals surface area contributed by atoms with Crippen LogP contribution in [0, 0.1) is 6.92 Å². The number of amides is 1. The molecule has 1 amide bonds. The van der Waals surface area contributed by atoms with Crippen LogP contribution in [0.1, 0.15) is 17.7 Å². The molecule has 1 aromatic carbocycles. The summed E-state index contributed by atoms with van der Waals surface area (Å²) in [5.74, 6) is 0.800. The second-order valence-corrected chi connectivity index (χ2v) is 6.22. The Labute approximate surface area is 150 Å². The maximum absolute atomic E-state index is 12.2. The monoisotopic (exact) mass is 371 g/mol. The zero-order valence-corrected chi connectivity index (χ0v) is 14.8. The van der Waals surface area contributed by atoms with Gasteiger partial charge in [-0.25, -0.2) is 0 Å². The van der Waals surface area contributed by atoms with E-state index in [2.05, 4.69) is 10.5 Å². The van der Waals surface area contributed by atoms with Crippen molar-refractivity contribution in [3.63, 3.8) is 0 Å². The summed E-state index contributed by atoms with van der Waals surface area (Å²) in [7, 11) is 0. The minimum absolute atomic E-state index is 0.0575. The van der Waals surface area contributed by atoms with E-state index in [1.165, 1.54) is 0 Å². The molecule has 0 aliphatic carbocycles. The molecular formula is C16H19Cl2N3O3. The zero-order valence-electron chi connectivity index (χ0n) is 13.3. The number of benzene rings is 1. The number of carbonyl (C=O) groups excluding carboxylic acids is 1. The van der Waals surface area contributed by atoms with Crippen LogP contribution < -0.4 is 5.32 Å². The predicted octanol–water partition coefficient (Wildman–Crippen LogP) is 3.11. The lowest BCUT2D eigenvalue weighted by atomic mass is 10.2. The molecule has 0 atom stereocenters. The summed E-state index contributed by atoms with van der Waals surface area (Å²) in [5.41, 5.74) is 0.937. The molecule has 6 nitrogen and oxygen atoms in total. The number of hydrogen-bond acceptors (Lipinski definition) is 5. The van der Waals surface area contributed by atoms with Crippen LogP contribution in [0.4, 0.5) is 5.82 Å². The van der Waals surface area contributed by atoms with Crippen LogP contribution >= 0.6 is 23.2 Å². The van der Waals surface area contributed by atoms with Crippen molar-refractivity contribution in [1.82, 2.24) is 10.1 Å². The number of aryl methyl sites for hydroxylation is 1. The molecule has 0 saturated heterocycles. The molecule has 1 heterocycles. The smallest absolute Gasteiger partial charge is 0.239 e. The fourth-order valence-corrected chi connectivity index (χ4v) is 2.54. The lowest BCUT2D eigenvalue weighted by Gasteiger charge is -2.21. The van der Waals surface area contributed by atoms with Gasteiger partial charge in [0, 0.05) is 25.8 Å². The highest BCUT2D eigenvalue weighted by molar-refractivity contribution is 6.42. The number of nitrogens with one attached hydrogen (secondary N) is 1. The second kappa shape index (κ2) is 9.03. The first kappa shape index (κ1) is 18.7. The molecule has 2 aromatic rings. The number of nitrogens with zero attached hydrogens (tertiary/aromatic N) is 2. The third kappa shape index (κ3) is 5.79. The fraction of sp³-hybridized carbons (Fsp3) is 0.375.